The van der Waals surface area contributed by atoms with Gasteiger partial charge >= 0.3 is 0 Å². The molecule has 2 aromatic rings. The molecule has 0 fully saturated rings. The molecule has 0 saturated heterocycles. The normalized spacial score (nSPS) is 12.8. The van der Waals surface area contributed by atoms with Crippen LogP contribution in [0.2, 0.25) is 0 Å². The number of benzene rings is 2. The van der Waals surface area contributed by atoms with E-state index in [1.807, 2.05) is 32.9 Å². The van der Waals surface area contributed by atoms with Crippen molar-refractivity contribution in [2.75, 3.05) is 20.8 Å². The second-order valence-electron chi connectivity index (χ2n) is 7.27. The number of allylic oxidation sites excluding steroid dienone is 7. The van der Waals surface area contributed by atoms with Gasteiger partial charge in [-0.3, -0.25) is 0 Å². The Bertz CT molecular complexity index is 900. The van der Waals surface area contributed by atoms with Crippen LogP contribution in [0.3, 0.4) is 0 Å². The van der Waals surface area contributed by atoms with Crippen molar-refractivity contribution in [1.29, 1.82) is 0 Å². The fourth-order valence-electron chi connectivity index (χ4n) is 3.09. The van der Waals surface area contributed by atoms with E-state index in [1.165, 1.54) is 27.5 Å². The fourth-order valence-corrected chi connectivity index (χ4v) is 3.09. The first kappa shape index (κ1) is 30.3. The summed E-state index contributed by atoms with van der Waals surface area (Å²) in [6.45, 7) is 15.4. The molecule has 0 aromatic heterocycles. The molecule has 0 N–H and O–H groups in total. The van der Waals surface area contributed by atoms with Gasteiger partial charge in [0.05, 0.1) is 13.2 Å². The van der Waals surface area contributed by atoms with Gasteiger partial charge < -0.3 is 9.47 Å². The highest BCUT2D eigenvalue weighted by Gasteiger charge is 2.01. The van der Waals surface area contributed by atoms with E-state index in [-0.39, 0.29) is 0 Å². The van der Waals surface area contributed by atoms with Gasteiger partial charge in [-0.1, -0.05) is 113 Å². The molecule has 1 unspecified atom stereocenters. The number of methoxy groups -OCH3 is 2. The van der Waals surface area contributed by atoms with Crippen molar-refractivity contribution in [2.45, 2.75) is 47.6 Å². The highest BCUT2D eigenvalue weighted by atomic mass is 16.5. The smallest absolute Gasteiger partial charge is 0.0713 e. The summed E-state index contributed by atoms with van der Waals surface area (Å²) in [6.07, 6.45) is 15.6. The maximum atomic E-state index is 5.14. The minimum atomic E-state index is 0.396. The molecular weight excluding hydrogens is 404 g/mol. The van der Waals surface area contributed by atoms with Gasteiger partial charge in [0.15, 0.2) is 0 Å². The molecule has 2 heteroatoms. The van der Waals surface area contributed by atoms with Crippen molar-refractivity contribution < 1.29 is 9.47 Å². The van der Waals surface area contributed by atoms with Gasteiger partial charge in [0, 0.05) is 14.2 Å². The third kappa shape index (κ3) is 12.8. The Morgan fingerprint density at radius 3 is 2.27 bits per heavy atom. The van der Waals surface area contributed by atoms with Gasteiger partial charge in [-0.05, 0) is 52.8 Å². The summed E-state index contributed by atoms with van der Waals surface area (Å²) in [6, 6.07) is 14.7. The molecule has 0 aliphatic carbocycles. The summed E-state index contributed by atoms with van der Waals surface area (Å²) < 4.78 is 10.2. The standard InChI is InChI=1S/C17H26O.C12H12O.C2H6/c1-6-9-11-17(10-7-2)15(4)12-13-16(8-3)14-18-5;1-13-9-10-6-7-11-4-2-3-5-12(11)8-10;1-2/h6,8-13,15H,1,7,14H2,2-5H3;2-8H,9H2,1H3;1-2H3/b11-9-,13-12-,16-8+,17-10+;;. The topological polar surface area (TPSA) is 18.5 Å². The van der Waals surface area contributed by atoms with Crippen LogP contribution in [0.15, 0.2) is 103 Å². The van der Waals surface area contributed by atoms with Crippen LogP contribution in [-0.2, 0) is 16.1 Å². The summed E-state index contributed by atoms with van der Waals surface area (Å²) >= 11 is 0. The minimum absolute atomic E-state index is 0.396. The van der Waals surface area contributed by atoms with E-state index in [4.69, 9.17) is 9.47 Å². The fraction of sp³-hybridized carbons (Fsp3) is 0.355. The van der Waals surface area contributed by atoms with E-state index in [1.54, 1.807) is 14.2 Å². The first-order valence-electron chi connectivity index (χ1n) is 11.9. The Balaban J connectivity index is 0.000000597. The molecule has 0 amide bonds. The molecule has 0 bridgehead atoms. The van der Waals surface area contributed by atoms with Crippen molar-refractivity contribution in [3.05, 3.63) is 108 Å². The molecular formula is C31H44O2. The Hall–Kier alpha value is -2.68. The van der Waals surface area contributed by atoms with Gasteiger partial charge in [0.25, 0.3) is 0 Å². The van der Waals surface area contributed by atoms with Gasteiger partial charge in [-0.15, -0.1) is 0 Å². The lowest BCUT2D eigenvalue weighted by Crippen LogP contribution is -1.95. The molecule has 0 radical (unpaired) electrons. The largest absolute Gasteiger partial charge is 0.380 e. The molecule has 0 spiro atoms. The van der Waals surface area contributed by atoms with Crippen molar-refractivity contribution in [3.63, 3.8) is 0 Å². The Morgan fingerprint density at radius 1 is 1.00 bits per heavy atom. The van der Waals surface area contributed by atoms with Crippen molar-refractivity contribution >= 4 is 10.8 Å². The molecule has 0 aliphatic heterocycles. The molecule has 0 saturated carbocycles. The predicted molar refractivity (Wildman–Crippen MR) is 148 cm³/mol. The van der Waals surface area contributed by atoms with Crippen LogP contribution < -0.4 is 0 Å². The Labute approximate surface area is 203 Å². The van der Waals surface area contributed by atoms with Crippen LogP contribution in [0.1, 0.15) is 46.6 Å². The van der Waals surface area contributed by atoms with Crippen LogP contribution in [-0.4, -0.2) is 20.8 Å². The minimum Gasteiger partial charge on any atom is -0.380 e. The average Bonchev–Trinajstić information content (AvgIpc) is 2.86. The summed E-state index contributed by atoms with van der Waals surface area (Å²) in [4.78, 5) is 0. The Kier molecular flexibility index (Phi) is 18.3. The van der Waals surface area contributed by atoms with Crippen LogP contribution in [0, 0.1) is 5.92 Å². The Morgan fingerprint density at radius 2 is 1.70 bits per heavy atom. The molecule has 2 rings (SSSR count). The van der Waals surface area contributed by atoms with Crippen LogP contribution in [0.4, 0.5) is 0 Å². The second kappa shape index (κ2) is 20.0. The quantitative estimate of drug-likeness (QED) is 0.338. The zero-order valence-corrected chi connectivity index (χ0v) is 21.8. The third-order valence-electron chi connectivity index (χ3n) is 4.80. The molecule has 2 aromatic carbocycles. The first-order valence-corrected chi connectivity index (χ1v) is 11.9. The number of hydrogen-bond donors (Lipinski definition) is 0. The van der Waals surface area contributed by atoms with Crippen molar-refractivity contribution in [1.82, 2.24) is 0 Å². The van der Waals surface area contributed by atoms with Crippen molar-refractivity contribution in [3.8, 4) is 0 Å². The number of fused-ring (bicyclic) bond motifs is 1. The SMILES string of the molecule is C=C/C=C\C(=C/CC)C(C)/C=C\C(=C/C)COC.CC.COCc1ccc2ccccc2c1. The predicted octanol–water partition coefficient (Wildman–Crippen LogP) is 8.86. The second-order valence-corrected chi connectivity index (χ2v) is 7.27. The lowest BCUT2D eigenvalue weighted by atomic mass is 9.98. The molecule has 180 valence electrons. The number of rotatable bonds is 10. The maximum absolute atomic E-state index is 5.14. The zero-order valence-electron chi connectivity index (χ0n) is 21.8. The van der Waals surface area contributed by atoms with Crippen molar-refractivity contribution in [2.24, 2.45) is 5.92 Å². The van der Waals surface area contributed by atoms with Crippen LogP contribution in [0.5, 0.6) is 0 Å². The van der Waals surface area contributed by atoms with E-state index < -0.39 is 0 Å². The monoisotopic (exact) mass is 448 g/mol. The lowest BCUT2D eigenvalue weighted by molar-refractivity contribution is 0.185. The average molecular weight is 449 g/mol. The molecule has 2 nitrogen and oxygen atoms in total. The van der Waals surface area contributed by atoms with Gasteiger partial charge in [0.1, 0.15) is 0 Å². The van der Waals surface area contributed by atoms with Gasteiger partial charge in [-0.2, -0.15) is 0 Å². The molecule has 0 heterocycles. The maximum Gasteiger partial charge on any atom is 0.0713 e. The summed E-state index contributed by atoms with van der Waals surface area (Å²) in [7, 11) is 3.44. The number of hydrogen-bond acceptors (Lipinski definition) is 2. The van der Waals surface area contributed by atoms with E-state index >= 15 is 0 Å². The van der Waals surface area contributed by atoms with E-state index in [9.17, 15) is 0 Å². The van der Waals surface area contributed by atoms with E-state index in [0.717, 1.165) is 6.42 Å². The molecule has 33 heavy (non-hydrogen) atoms. The first-order chi connectivity index (χ1) is 16.1. The van der Waals surface area contributed by atoms with Gasteiger partial charge in [0.2, 0.25) is 0 Å². The number of ether oxygens (including phenoxy) is 2. The third-order valence-corrected chi connectivity index (χ3v) is 4.80. The highest BCUT2D eigenvalue weighted by molar-refractivity contribution is 5.82. The highest BCUT2D eigenvalue weighted by Crippen LogP contribution is 2.17. The molecule has 1 atom stereocenters. The molecule has 0 aliphatic rings. The van der Waals surface area contributed by atoms with Gasteiger partial charge in [-0.25, -0.2) is 0 Å². The van der Waals surface area contributed by atoms with E-state index in [2.05, 4.69) is 93.3 Å². The lowest BCUT2D eigenvalue weighted by Gasteiger charge is -2.08. The summed E-state index contributed by atoms with van der Waals surface area (Å²) in [5, 5.41) is 2.56. The summed E-state index contributed by atoms with van der Waals surface area (Å²) in [5.74, 6) is 0.396. The zero-order chi connectivity index (χ0) is 24.9. The van der Waals surface area contributed by atoms with Crippen LogP contribution >= 0.6 is 0 Å². The van der Waals surface area contributed by atoms with E-state index in [0.29, 0.717) is 19.1 Å². The van der Waals surface area contributed by atoms with Crippen LogP contribution in [0.25, 0.3) is 10.8 Å². The summed E-state index contributed by atoms with van der Waals surface area (Å²) in [5.41, 5.74) is 3.75.